The molecule has 1 aromatic heterocycles. The van der Waals surface area contributed by atoms with Crippen molar-refractivity contribution in [3.05, 3.63) is 118 Å². The van der Waals surface area contributed by atoms with Gasteiger partial charge in [-0.2, -0.15) is 9.13 Å². The number of aromatic nitrogens is 2. The van der Waals surface area contributed by atoms with Gasteiger partial charge >= 0.3 is 5.56 Å². The second-order valence-corrected chi connectivity index (χ2v) is 7.32. The van der Waals surface area contributed by atoms with Gasteiger partial charge in [-0.15, -0.1) is 0 Å². The van der Waals surface area contributed by atoms with E-state index in [0.717, 1.165) is 29.2 Å². The third-order valence-corrected chi connectivity index (χ3v) is 5.55. The summed E-state index contributed by atoms with van der Waals surface area (Å²) in [6.45, 7) is 0. The predicted molar refractivity (Wildman–Crippen MR) is 112 cm³/mol. The summed E-state index contributed by atoms with van der Waals surface area (Å²) < 4.78 is 3.61. The molecule has 0 aliphatic carbocycles. The molecule has 1 aliphatic rings. The van der Waals surface area contributed by atoms with Crippen molar-refractivity contribution < 1.29 is 9.67 Å². The number of benzene rings is 3. The molecular formula is C25H21N2O2+. The monoisotopic (exact) mass is 381 g/mol. The first-order chi connectivity index (χ1) is 14.2. The van der Waals surface area contributed by atoms with Crippen LogP contribution in [0, 0.1) is 0 Å². The average molecular weight is 381 g/mol. The lowest BCUT2D eigenvalue weighted by Crippen LogP contribution is -2.48. The minimum atomic E-state index is -0.164. The highest BCUT2D eigenvalue weighted by Crippen LogP contribution is 2.24. The van der Waals surface area contributed by atoms with Gasteiger partial charge in [0.25, 0.3) is 11.7 Å². The van der Waals surface area contributed by atoms with E-state index in [4.69, 9.17) is 0 Å². The molecule has 4 aromatic rings. The van der Waals surface area contributed by atoms with Crippen molar-refractivity contribution in [2.45, 2.75) is 19.3 Å². The van der Waals surface area contributed by atoms with Crippen LogP contribution in [0.4, 0.5) is 0 Å². The van der Waals surface area contributed by atoms with Crippen molar-refractivity contribution in [1.29, 1.82) is 0 Å². The van der Waals surface area contributed by atoms with Gasteiger partial charge in [-0.1, -0.05) is 66.7 Å². The Morgan fingerprint density at radius 1 is 0.828 bits per heavy atom. The first-order valence-corrected chi connectivity index (χ1v) is 9.83. The quantitative estimate of drug-likeness (QED) is 0.552. The Labute approximate surface area is 169 Å². The fraction of sp³-hybridized carbons (Fsp3) is 0.120. The van der Waals surface area contributed by atoms with E-state index in [0.29, 0.717) is 18.4 Å². The van der Waals surface area contributed by atoms with Crippen molar-refractivity contribution in [2.75, 3.05) is 0 Å². The van der Waals surface area contributed by atoms with Crippen LogP contribution in [-0.2, 0) is 19.3 Å². The lowest BCUT2D eigenvalue weighted by Gasteiger charge is -2.20. The van der Waals surface area contributed by atoms with Gasteiger partial charge in [0.2, 0.25) is 0 Å². The van der Waals surface area contributed by atoms with Gasteiger partial charge in [-0.05, 0) is 30.2 Å². The molecule has 0 saturated carbocycles. The molecule has 0 radical (unpaired) electrons. The van der Waals surface area contributed by atoms with Crippen LogP contribution in [0.15, 0.2) is 89.7 Å². The van der Waals surface area contributed by atoms with Crippen LogP contribution in [0.1, 0.15) is 22.5 Å². The van der Waals surface area contributed by atoms with Gasteiger partial charge in [-0.3, -0.25) is 0 Å². The van der Waals surface area contributed by atoms with E-state index in [1.54, 1.807) is 4.57 Å². The Morgan fingerprint density at radius 2 is 1.48 bits per heavy atom. The van der Waals surface area contributed by atoms with Crippen LogP contribution >= 0.6 is 0 Å². The number of rotatable bonds is 3. The van der Waals surface area contributed by atoms with Crippen LogP contribution in [-0.4, -0.2) is 9.67 Å². The third kappa shape index (κ3) is 2.93. The third-order valence-electron chi connectivity index (χ3n) is 5.55. The number of hydrogen-bond donors (Lipinski definition) is 1. The molecule has 0 atom stereocenters. The van der Waals surface area contributed by atoms with Crippen LogP contribution in [0.5, 0.6) is 5.88 Å². The molecule has 4 heteroatoms. The Kier molecular flexibility index (Phi) is 4.24. The van der Waals surface area contributed by atoms with E-state index < -0.39 is 0 Å². The Bertz CT molecular complexity index is 1250. The van der Waals surface area contributed by atoms with Crippen molar-refractivity contribution in [1.82, 2.24) is 4.57 Å². The van der Waals surface area contributed by atoms with Gasteiger partial charge in [0.1, 0.15) is 16.9 Å². The van der Waals surface area contributed by atoms with E-state index in [1.807, 2.05) is 83.4 Å². The first-order valence-electron chi connectivity index (χ1n) is 9.83. The topological polar surface area (TPSA) is 46.1 Å². The van der Waals surface area contributed by atoms with Crippen LogP contribution in [0.25, 0.3) is 11.4 Å². The molecule has 3 aromatic carbocycles. The molecule has 5 rings (SSSR count). The summed E-state index contributed by atoms with van der Waals surface area (Å²) in [4.78, 5) is 13.6. The summed E-state index contributed by atoms with van der Waals surface area (Å²) in [5.74, 6) is 0.836. The highest BCUT2D eigenvalue weighted by atomic mass is 16.3. The zero-order valence-corrected chi connectivity index (χ0v) is 16.0. The number of nitrogens with zero attached hydrogens (tertiary/aromatic N) is 2. The largest absolute Gasteiger partial charge is 0.477 e. The van der Waals surface area contributed by atoms with E-state index in [9.17, 15) is 9.90 Å². The highest BCUT2D eigenvalue weighted by molar-refractivity contribution is 5.41. The lowest BCUT2D eigenvalue weighted by atomic mass is 10.0. The maximum atomic E-state index is 13.6. The minimum absolute atomic E-state index is 0.0354. The van der Waals surface area contributed by atoms with E-state index in [2.05, 4.69) is 6.07 Å². The number of fused-ring (bicyclic) bond motifs is 3. The standard InChI is InChI=1S/C25H20N2O2/c28-24-21(17-18-9-3-1-4-10-18)25(29)27-22-14-8-7-11-19(22)15-16-23(27)26(24)20-12-5-2-6-13-20/h1-14H,15-17H2/p+1. The van der Waals surface area contributed by atoms with Crippen molar-refractivity contribution in [3.63, 3.8) is 0 Å². The van der Waals surface area contributed by atoms with Gasteiger partial charge in [0.15, 0.2) is 0 Å². The smallest absolute Gasteiger partial charge is 0.350 e. The Morgan fingerprint density at radius 3 is 2.24 bits per heavy atom. The second-order valence-electron chi connectivity index (χ2n) is 7.32. The molecule has 1 aliphatic heterocycles. The van der Waals surface area contributed by atoms with Crippen molar-refractivity contribution >= 4 is 0 Å². The van der Waals surface area contributed by atoms with Gasteiger partial charge in [0.05, 0.1) is 6.42 Å². The molecule has 0 bridgehead atoms. The molecule has 2 heterocycles. The zero-order valence-electron chi connectivity index (χ0n) is 16.0. The molecule has 0 fully saturated rings. The van der Waals surface area contributed by atoms with Gasteiger partial charge in [-0.25, -0.2) is 4.79 Å². The summed E-state index contributed by atoms with van der Waals surface area (Å²) in [6, 6.07) is 27.5. The molecule has 29 heavy (non-hydrogen) atoms. The SMILES string of the molecule is O=c1c(Cc2ccccc2)c(O)[n+]2c(n1-c1ccccc1)CCc1ccccc1-2. The summed E-state index contributed by atoms with van der Waals surface area (Å²) >= 11 is 0. The average Bonchev–Trinajstić information content (AvgIpc) is 2.78. The number of hydrogen-bond acceptors (Lipinski definition) is 2. The fourth-order valence-corrected chi connectivity index (χ4v) is 4.17. The summed E-state index contributed by atoms with van der Waals surface area (Å²) in [7, 11) is 0. The normalized spacial score (nSPS) is 12.3. The molecular weight excluding hydrogens is 360 g/mol. The Hall–Kier alpha value is -3.66. The van der Waals surface area contributed by atoms with Crippen LogP contribution in [0.2, 0.25) is 0 Å². The van der Waals surface area contributed by atoms with E-state index in [1.165, 1.54) is 5.56 Å². The molecule has 0 amide bonds. The summed E-state index contributed by atoms with van der Waals surface area (Å²) in [5.41, 5.74) is 4.15. The molecule has 0 unspecified atom stereocenters. The van der Waals surface area contributed by atoms with E-state index in [-0.39, 0.29) is 11.4 Å². The molecule has 142 valence electrons. The van der Waals surface area contributed by atoms with Crippen LogP contribution < -0.4 is 10.1 Å². The number of aryl methyl sites for hydroxylation is 1. The van der Waals surface area contributed by atoms with Crippen molar-refractivity contribution in [3.8, 4) is 17.3 Å². The minimum Gasteiger partial charge on any atom is -0.477 e. The maximum Gasteiger partial charge on any atom is 0.350 e. The van der Waals surface area contributed by atoms with Crippen LogP contribution in [0.3, 0.4) is 0 Å². The summed E-state index contributed by atoms with van der Waals surface area (Å²) in [5, 5.41) is 11.2. The highest BCUT2D eigenvalue weighted by Gasteiger charge is 2.34. The molecule has 0 spiro atoms. The van der Waals surface area contributed by atoms with E-state index >= 15 is 0 Å². The number of aromatic hydroxyl groups is 1. The first kappa shape index (κ1) is 17.4. The molecule has 0 saturated heterocycles. The lowest BCUT2D eigenvalue weighted by molar-refractivity contribution is -0.620. The summed E-state index contributed by atoms with van der Waals surface area (Å²) in [6.07, 6.45) is 1.89. The van der Waals surface area contributed by atoms with Crippen molar-refractivity contribution in [2.24, 2.45) is 0 Å². The number of para-hydroxylation sites is 2. The zero-order chi connectivity index (χ0) is 19.8. The molecule has 1 N–H and O–H groups in total. The predicted octanol–water partition coefficient (Wildman–Crippen LogP) is 3.51. The second kappa shape index (κ2) is 7.06. The molecule has 4 nitrogen and oxygen atoms in total. The van der Waals surface area contributed by atoms with Gasteiger partial charge < -0.3 is 5.11 Å². The maximum absolute atomic E-state index is 13.6. The van der Waals surface area contributed by atoms with Gasteiger partial charge in [0, 0.05) is 12.0 Å². The Balaban J connectivity index is 1.83. The fourth-order valence-electron chi connectivity index (χ4n) is 4.17.